The number of rotatable bonds is 8. The molecule has 2 aromatic heterocycles. The number of benzene rings is 2. The standard InChI is InChI=1S/C31H36BrN5O/c1-31(2,33)15-6-9-25(23-10-12-24(32)13-11-23)30(38)37-19-17-36(18-20-37)28-26-14-16-34-29(26)35-21-27(28)22-7-4-3-5-8-22/h3-5,7-8,10-14,16,21,25H,6,9,15,17-20,33H2,1-2H3,(H,34,35)/t25-/m1/s1. The van der Waals surface area contributed by atoms with Crippen LogP contribution in [0, 0.1) is 0 Å². The third kappa shape index (κ3) is 5.94. The second-order valence-electron chi connectivity index (χ2n) is 10.9. The van der Waals surface area contributed by atoms with E-state index in [0.717, 1.165) is 64.5 Å². The maximum absolute atomic E-state index is 13.9. The van der Waals surface area contributed by atoms with Crippen LogP contribution < -0.4 is 10.6 Å². The summed E-state index contributed by atoms with van der Waals surface area (Å²) in [6.07, 6.45) is 6.51. The van der Waals surface area contributed by atoms with E-state index in [-0.39, 0.29) is 17.4 Å². The molecule has 1 aliphatic rings. The van der Waals surface area contributed by atoms with Crippen molar-refractivity contribution in [2.45, 2.75) is 44.6 Å². The molecule has 1 saturated heterocycles. The zero-order valence-electron chi connectivity index (χ0n) is 22.2. The number of piperazine rings is 1. The van der Waals surface area contributed by atoms with Gasteiger partial charge in [-0.3, -0.25) is 4.79 Å². The number of hydrogen-bond donors (Lipinski definition) is 2. The molecule has 0 radical (unpaired) electrons. The van der Waals surface area contributed by atoms with E-state index in [9.17, 15) is 4.79 Å². The van der Waals surface area contributed by atoms with Crippen LogP contribution in [0.15, 0.2) is 77.5 Å². The van der Waals surface area contributed by atoms with Gasteiger partial charge in [0.25, 0.3) is 0 Å². The van der Waals surface area contributed by atoms with Crippen molar-refractivity contribution in [3.05, 3.63) is 83.1 Å². The topological polar surface area (TPSA) is 78.2 Å². The SMILES string of the molecule is CC(C)(N)CCC[C@@H](C(=O)N1CCN(c2c(-c3ccccc3)cnc3[nH]ccc23)CC1)c1ccc(Br)cc1. The molecule has 0 unspecified atom stereocenters. The molecule has 198 valence electrons. The summed E-state index contributed by atoms with van der Waals surface area (Å²) in [5.74, 6) is 0.0563. The lowest BCUT2D eigenvalue weighted by atomic mass is 9.89. The Morgan fingerprint density at radius 3 is 2.45 bits per heavy atom. The molecule has 0 spiro atoms. The van der Waals surface area contributed by atoms with Gasteiger partial charge in [-0.2, -0.15) is 0 Å². The third-order valence-corrected chi connectivity index (χ3v) is 7.96. The van der Waals surface area contributed by atoms with Gasteiger partial charge in [0.15, 0.2) is 0 Å². The smallest absolute Gasteiger partial charge is 0.230 e. The number of carbonyl (C=O) groups excluding carboxylic acids is 1. The molecule has 3 heterocycles. The van der Waals surface area contributed by atoms with Crippen LogP contribution in [0.25, 0.3) is 22.2 Å². The summed E-state index contributed by atoms with van der Waals surface area (Å²) < 4.78 is 1.02. The van der Waals surface area contributed by atoms with E-state index in [4.69, 9.17) is 5.73 Å². The Kier molecular flexibility index (Phi) is 7.86. The number of nitrogens with two attached hydrogens (primary N) is 1. The summed E-state index contributed by atoms with van der Waals surface area (Å²) in [6.45, 7) is 7.03. The fraction of sp³-hybridized carbons (Fsp3) is 0.355. The summed E-state index contributed by atoms with van der Waals surface area (Å²) in [5.41, 5.74) is 11.4. The lowest BCUT2D eigenvalue weighted by molar-refractivity contribution is -0.133. The van der Waals surface area contributed by atoms with E-state index < -0.39 is 0 Å². The monoisotopic (exact) mass is 573 g/mol. The second kappa shape index (κ2) is 11.3. The number of pyridine rings is 1. The van der Waals surface area contributed by atoms with Gasteiger partial charge >= 0.3 is 0 Å². The molecule has 1 aliphatic heterocycles. The van der Waals surface area contributed by atoms with E-state index in [1.807, 2.05) is 44.4 Å². The Morgan fingerprint density at radius 1 is 1.05 bits per heavy atom. The first-order chi connectivity index (χ1) is 18.3. The van der Waals surface area contributed by atoms with Gasteiger partial charge in [0.05, 0.1) is 11.6 Å². The summed E-state index contributed by atoms with van der Waals surface area (Å²) in [6, 6.07) is 20.7. The van der Waals surface area contributed by atoms with Crippen molar-refractivity contribution < 1.29 is 4.79 Å². The van der Waals surface area contributed by atoms with Gasteiger partial charge in [-0.15, -0.1) is 0 Å². The summed E-state index contributed by atoms with van der Waals surface area (Å²) >= 11 is 3.53. The van der Waals surface area contributed by atoms with Gasteiger partial charge in [-0.05, 0) is 56.0 Å². The van der Waals surface area contributed by atoms with Crippen LogP contribution >= 0.6 is 15.9 Å². The molecular weight excluding hydrogens is 538 g/mol. The van der Waals surface area contributed by atoms with E-state index in [2.05, 4.69) is 78.2 Å². The van der Waals surface area contributed by atoms with Gasteiger partial charge in [-0.25, -0.2) is 4.98 Å². The van der Waals surface area contributed by atoms with Crippen molar-refractivity contribution >= 4 is 38.6 Å². The average molecular weight is 575 g/mol. The van der Waals surface area contributed by atoms with Gasteiger partial charge in [0, 0.05) is 59.5 Å². The van der Waals surface area contributed by atoms with Crippen LogP contribution in [-0.4, -0.2) is 52.5 Å². The van der Waals surface area contributed by atoms with E-state index in [1.54, 1.807) is 0 Å². The van der Waals surface area contributed by atoms with Gasteiger partial charge < -0.3 is 20.5 Å². The molecular formula is C31H36BrN5O. The van der Waals surface area contributed by atoms with Crippen LogP contribution in [0.1, 0.15) is 44.6 Å². The fourth-order valence-corrected chi connectivity index (χ4v) is 5.69. The Hall–Kier alpha value is -3.16. The molecule has 0 aliphatic carbocycles. The fourth-order valence-electron chi connectivity index (χ4n) is 5.42. The van der Waals surface area contributed by atoms with Gasteiger partial charge in [0.1, 0.15) is 5.65 Å². The zero-order valence-corrected chi connectivity index (χ0v) is 23.7. The Morgan fingerprint density at radius 2 is 1.76 bits per heavy atom. The molecule has 1 fully saturated rings. The molecule has 0 bridgehead atoms. The number of anilines is 1. The minimum Gasteiger partial charge on any atom is -0.367 e. The number of amides is 1. The summed E-state index contributed by atoms with van der Waals surface area (Å²) in [7, 11) is 0. The highest BCUT2D eigenvalue weighted by molar-refractivity contribution is 9.10. The van der Waals surface area contributed by atoms with Gasteiger partial charge in [0.2, 0.25) is 5.91 Å². The highest BCUT2D eigenvalue weighted by atomic mass is 79.9. The lowest BCUT2D eigenvalue weighted by Gasteiger charge is -2.38. The molecule has 2 aromatic carbocycles. The molecule has 0 saturated carbocycles. The van der Waals surface area contributed by atoms with Crippen molar-refractivity contribution in [3.63, 3.8) is 0 Å². The minimum absolute atomic E-state index is 0.158. The number of H-pyrrole nitrogens is 1. The molecule has 6 nitrogen and oxygen atoms in total. The summed E-state index contributed by atoms with van der Waals surface area (Å²) in [4.78, 5) is 26.3. The van der Waals surface area contributed by atoms with Crippen molar-refractivity contribution in [1.29, 1.82) is 0 Å². The van der Waals surface area contributed by atoms with Crippen LogP contribution in [0.4, 0.5) is 5.69 Å². The maximum atomic E-state index is 13.9. The molecule has 38 heavy (non-hydrogen) atoms. The number of halogens is 1. The minimum atomic E-state index is -0.233. The number of nitrogens with zero attached hydrogens (tertiary/aromatic N) is 3. The quantitative estimate of drug-likeness (QED) is 0.258. The zero-order chi connectivity index (χ0) is 26.7. The molecule has 5 rings (SSSR count). The van der Waals surface area contributed by atoms with E-state index in [0.29, 0.717) is 13.1 Å². The molecule has 4 aromatic rings. The van der Waals surface area contributed by atoms with E-state index in [1.165, 1.54) is 5.69 Å². The first-order valence-electron chi connectivity index (χ1n) is 13.4. The van der Waals surface area contributed by atoms with E-state index >= 15 is 0 Å². The number of aromatic amines is 1. The number of nitrogens with one attached hydrogen (secondary N) is 1. The van der Waals surface area contributed by atoms with Crippen LogP contribution in [0.2, 0.25) is 0 Å². The van der Waals surface area contributed by atoms with Crippen molar-refractivity contribution in [1.82, 2.24) is 14.9 Å². The van der Waals surface area contributed by atoms with Crippen LogP contribution in [0.5, 0.6) is 0 Å². The second-order valence-corrected chi connectivity index (χ2v) is 11.8. The predicted octanol–water partition coefficient (Wildman–Crippen LogP) is 6.33. The third-order valence-electron chi connectivity index (χ3n) is 7.43. The van der Waals surface area contributed by atoms with Crippen molar-refractivity contribution in [2.75, 3.05) is 31.1 Å². The number of hydrogen-bond acceptors (Lipinski definition) is 4. The maximum Gasteiger partial charge on any atom is 0.230 e. The summed E-state index contributed by atoms with van der Waals surface area (Å²) in [5, 5.41) is 1.11. The van der Waals surface area contributed by atoms with Gasteiger partial charge in [-0.1, -0.05) is 64.8 Å². The van der Waals surface area contributed by atoms with Crippen LogP contribution in [-0.2, 0) is 4.79 Å². The Balaban J connectivity index is 1.35. The molecule has 3 N–H and O–H groups in total. The Labute approximate surface area is 233 Å². The van der Waals surface area contributed by atoms with Crippen molar-refractivity contribution in [3.8, 4) is 11.1 Å². The van der Waals surface area contributed by atoms with Crippen LogP contribution in [0.3, 0.4) is 0 Å². The normalized spacial score (nSPS) is 15.2. The number of fused-ring (bicyclic) bond motifs is 1. The molecule has 1 atom stereocenters. The largest absolute Gasteiger partial charge is 0.367 e. The first kappa shape index (κ1) is 26.4. The number of aromatic nitrogens is 2. The first-order valence-corrected chi connectivity index (χ1v) is 14.2. The number of carbonyl (C=O) groups is 1. The Bertz CT molecular complexity index is 1370. The highest BCUT2D eigenvalue weighted by Crippen LogP contribution is 2.37. The predicted molar refractivity (Wildman–Crippen MR) is 159 cm³/mol. The lowest BCUT2D eigenvalue weighted by Crippen LogP contribution is -2.50. The highest BCUT2D eigenvalue weighted by Gasteiger charge is 2.30. The molecule has 7 heteroatoms. The average Bonchev–Trinajstić information content (AvgIpc) is 3.40. The van der Waals surface area contributed by atoms with Crippen molar-refractivity contribution in [2.24, 2.45) is 5.73 Å². The molecule has 1 amide bonds.